The van der Waals surface area contributed by atoms with E-state index < -0.39 is 51.1 Å². The van der Waals surface area contributed by atoms with E-state index in [9.17, 15) is 39.4 Å². The lowest BCUT2D eigenvalue weighted by molar-refractivity contribution is -0.385. The summed E-state index contributed by atoms with van der Waals surface area (Å²) in [5.41, 5.74) is -1.42. The number of amides is 3. The van der Waals surface area contributed by atoms with Crippen molar-refractivity contribution in [1.82, 2.24) is 10.0 Å². The number of hydrogen-bond acceptors (Lipinski definition) is 9. The third-order valence-corrected chi connectivity index (χ3v) is 6.64. The lowest BCUT2D eigenvalue weighted by Gasteiger charge is -2.29. The molecule has 4 aromatic rings. The molecule has 1 aliphatic rings. The molecule has 0 unspecified atom stereocenters. The second-order valence-electron chi connectivity index (χ2n) is 9.05. The van der Waals surface area contributed by atoms with Gasteiger partial charge in [0.15, 0.2) is 5.78 Å². The number of rotatable bonds is 9. The van der Waals surface area contributed by atoms with Crippen LogP contribution in [0.25, 0.3) is 0 Å². The average molecular weight is 601 g/mol. The maximum Gasteiger partial charge on any atom is 0.287 e. The first kappa shape index (κ1) is 28.6. The number of hydrazine groups is 1. The van der Waals surface area contributed by atoms with Crippen LogP contribution in [0.3, 0.4) is 0 Å². The Morgan fingerprint density at radius 3 is 1.93 bits per heavy atom. The molecule has 0 radical (unpaired) electrons. The quantitative estimate of drug-likeness (QED) is 0.104. The summed E-state index contributed by atoms with van der Waals surface area (Å²) >= 11 is 5.93. The van der Waals surface area contributed by atoms with Crippen LogP contribution in [0.5, 0.6) is 11.5 Å². The summed E-state index contributed by atoms with van der Waals surface area (Å²) in [4.78, 5) is 74.7. The second-order valence-corrected chi connectivity index (χ2v) is 9.49. The molecule has 0 fully saturated rings. The molecule has 3 amide bonds. The SMILES string of the molecule is O=C(CN(C(=O)c1ccc(Cl)cc1)N1C(=O)c2cccc([N+](=O)[O-])c2C1=O)c1ccc(Oc2ccc([N+](=O)[O-])cc2)cc1. The van der Waals surface area contributed by atoms with Gasteiger partial charge in [0, 0.05) is 34.3 Å². The Morgan fingerprint density at radius 2 is 1.35 bits per heavy atom. The summed E-state index contributed by atoms with van der Waals surface area (Å²) in [7, 11) is 0. The molecule has 0 saturated carbocycles. The molecule has 0 N–H and O–H groups in total. The van der Waals surface area contributed by atoms with Gasteiger partial charge in [0.25, 0.3) is 29.1 Å². The van der Waals surface area contributed by atoms with Gasteiger partial charge in [-0.2, -0.15) is 5.01 Å². The molecule has 0 atom stereocenters. The van der Waals surface area contributed by atoms with E-state index >= 15 is 0 Å². The number of nitro groups is 2. The summed E-state index contributed by atoms with van der Waals surface area (Å²) in [6.07, 6.45) is 0. The third-order valence-electron chi connectivity index (χ3n) is 6.39. The molecule has 0 saturated heterocycles. The van der Waals surface area contributed by atoms with Crippen LogP contribution in [0, 0.1) is 20.2 Å². The molecule has 0 aliphatic carbocycles. The largest absolute Gasteiger partial charge is 0.457 e. The highest BCUT2D eigenvalue weighted by Gasteiger charge is 2.46. The van der Waals surface area contributed by atoms with Gasteiger partial charge < -0.3 is 4.74 Å². The Hall–Kier alpha value is -5.95. The minimum atomic E-state index is -1.13. The minimum absolute atomic E-state index is 0.00454. The van der Waals surface area contributed by atoms with Gasteiger partial charge in [-0.3, -0.25) is 39.4 Å². The van der Waals surface area contributed by atoms with Crippen molar-refractivity contribution in [3.05, 3.63) is 139 Å². The van der Waals surface area contributed by atoms with Gasteiger partial charge in [0.2, 0.25) is 0 Å². The highest BCUT2D eigenvalue weighted by atomic mass is 35.5. The monoisotopic (exact) mass is 600 g/mol. The van der Waals surface area contributed by atoms with Crippen LogP contribution in [-0.4, -0.2) is 49.9 Å². The average Bonchev–Trinajstić information content (AvgIpc) is 3.25. The molecular weight excluding hydrogens is 584 g/mol. The van der Waals surface area contributed by atoms with E-state index in [4.69, 9.17) is 16.3 Å². The molecule has 0 spiro atoms. The van der Waals surface area contributed by atoms with Crippen LogP contribution in [0.1, 0.15) is 41.4 Å². The molecule has 5 rings (SSSR count). The number of benzene rings is 4. The number of nitrogens with zero attached hydrogens (tertiary/aromatic N) is 4. The van der Waals surface area contributed by atoms with Crippen LogP contribution in [0.15, 0.2) is 91.0 Å². The molecule has 0 bridgehead atoms. The number of carbonyl (C=O) groups excluding carboxylic acids is 4. The number of nitro benzene ring substituents is 2. The van der Waals surface area contributed by atoms with Crippen molar-refractivity contribution in [2.24, 2.45) is 0 Å². The van der Waals surface area contributed by atoms with Crippen molar-refractivity contribution >= 4 is 46.5 Å². The molecule has 1 heterocycles. The maximum atomic E-state index is 13.6. The minimum Gasteiger partial charge on any atom is -0.457 e. The van der Waals surface area contributed by atoms with Crippen molar-refractivity contribution in [2.45, 2.75) is 0 Å². The fourth-order valence-electron chi connectivity index (χ4n) is 4.31. The molecule has 4 aromatic carbocycles. The molecule has 0 aromatic heterocycles. The van der Waals surface area contributed by atoms with Crippen LogP contribution in [0.2, 0.25) is 5.02 Å². The summed E-state index contributed by atoms with van der Waals surface area (Å²) in [5.74, 6) is -3.10. The van der Waals surface area contributed by atoms with Gasteiger partial charge in [-0.1, -0.05) is 17.7 Å². The molecule has 43 heavy (non-hydrogen) atoms. The van der Waals surface area contributed by atoms with Crippen molar-refractivity contribution in [3.8, 4) is 11.5 Å². The molecule has 214 valence electrons. The van der Waals surface area contributed by atoms with E-state index in [0.717, 1.165) is 6.07 Å². The lowest BCUT2D eigenvalue weighted by Crippen LogP contribution is -2.51. The highest BCUT2D eigenvalue weighted by molar-refractivity contribution is 6.30. The number of hydrogen-bond donors (Lipinski definition) is 0. The first-order valence-electron chi connectivity index (χ1n) is 12.3. The number of halogens is 1. The summed E-state index contributed by atoms with van der Waals surface area (Å²) in [6, 6.07) is 20.1. The maximum absolute atomic E-state index is 13.6. The number of ether oxygens (including phenoxy) is 1. The van der Waals surface area contributed by atoms with Crippen LogP contribution < -0.4 is 4.74 Å². The van der Waals surface area contributed by atoms with E-state index in [1.54, 1.807) is 0 Å². The molecule has 14 heteroatoms. The van der Waals surface area contributed by atoms with Gasteiger partial charge in [-0.05, 0) is 66.7 Å². The van der Waals surface area contributed by atoms with Gasteiger partial charge in [-0.15, -0.1) is 0 Å². The number of fused-ring (bicyclic) bond motifs is 1. The first-order valence-corrected chi connectivity index (χ1v) is 12.7. The predicted molar refractivity (Wildman–Crippen MR) is 150 cm³/mol. The Bertz CT molecular complexity index is 1810. The zero-order chi connectivity index (χ0) is 30.8. The number of Topliss-reactive ketones (excluding diaryl/α,β-unsaturated/α-hetero) is 1. The predicted octanol–water partition coefficient (Wildman–Crippen LogP) is 5.49. The first-order chi connectivity index (χ1) is 20.5. The highest BCUT2D eigenvalue weighted by Crippen LogP contribution is 2.32. The number of ketones is 1. The van der Waals surface area contributed by atoms with Gasteiger partial charge in [0.05, 0.1) is 15.4 Å². The Morgan fingerprint density at radius 1 is 0.767 bits per heavy atom. The number of non-ortho nitro benzene ring substituents is 1. The zero-order valence-electron chi connectivity index (χ0n) is 21.7. The fourth-order valence-corrected chi connectivity index (χ4v) is 4.44. The van der Waals surface area contributed by atoms with Crippen molar-refractivity contribution in [2.75, 3.05) is 6.54 Å². The third kappa shape index (κ3) is 5.64. The van der Waals surface area contributed by atoms with Crippen LogP contribution in [-0.2, 0) is 0 Å². The van der Waals surface area contributed by atoms with Crippen LogP contribution >= 0.6 is 11.6 Å². The molecule has 1 aliphatic heterocycles. The Kier molecular flexibility index (Phi) is 7.64. The zero-order valence-corrected chi connectivity index (χ0v) is 22.5. The van der Waals surface area contributed by atoms with Gasteiger partial charge >= 0.3 is 0 Å². The standard InChI is InChI=1S/C29H17ClN4O9/c30-19-8-4-18(5-9-19)27(36)31(32-28(37)23-2-1-3-24(34(41)42)26(23)29(32)38)16-25(35)17-6-12-21(13-7-17)43-22-14-10-20(11-15-22)33(39)40/h1-15H,16H2. The molecular formula is C29H17ClN4O9. The van der Waals surface area contributed by atoms with E-state index in [1.165, 1.54) is 84.9 Å². The smallest absolute Gasteiger partial charge is 0.287 e. The lowest BCUT2D eigenvalue weighted by atomic mass is 10.1. The van der Waals surface area contributed by atoms with Crippen molar-refractivity contribution < 1.29 is 33.8 Å². The van der Waals surface area contributed by atoms with Gasteiger partial charge in [-0.25, -0.2) is 5.01 Å². The Labute approximate surface area is 246 Å². The number of carbonyl (C=O) groups is 4. The van der Waals surface area contributed by atoms with Crippen molar-refractivity contribution in [1.29, 1.82) is 0 Å². The van der Waals surface area contributed by atoms with E-state index in [0.29, 0.717) is 26.5 Å². The number of imide groups is 1. The normalized spacial score (nSPS) is 12.1. The summed E-state index contributed by atoms with van der Waals surface area (Å²) in [5, 5.41) is 23.8. The van der Waals surface area contributed by atoms with E-state index in [-0.39, 0.29) is 22.4 Å². The summed E-state index contributed by atoms with van der Waals surface area (Å²) in [6.45, 7) is -0.775. The fraction of sp³-hybridized carbons (Fsp3) is 0.0345. The topological polar surface area (TPSA) is 170 Å². The van der Waals surface area contributed by atoms with E-state index in [2.05, 4.69) is 0 Å². The van der Waals surface area contributed by atoms with Gasteiger partial charge in [0.1, 0.15) is 23.6 Å². The molecule has 13 nitrogen and oxygen atoms in total. The second kappa shape index (κ2) is 11.5. The Balaban J connectivity index is 1.42. The summed E-state index contributed by atoms with van der Waals surface area (Å²) < 4.78 is 5.65. The van der Waals surface area contributed by atoms with Crippen LogP contribution in [0.4, 0.5) is 11.4 Å². The van der Waals surface area contributed by atoms with E-state index in [1.807, 2.05) is 0 Å². The van der Waals surface area contributed by atoms with Crippen molar-refractivity contribution in [3.63, 3.8) is 0 Å².